The van der Waals surface area contributed by atoms with E-state index in [1.54, 1.807) is 56.8 Å². The van der Waals surface area contributed by atoms with Crippen LogP contribution in [-0.2, 0) is 20.8 Å². The van der Waals surface area contributed by atoms with E-state index in [2.05, 4.69) is 9.47 Å². The van der Waals surface area contributed by atoms with Gasteiger partial charge in [0, 0.05) is 29.2 Å². The normalized spacial score (nSPS) is 14.1. The number of benzene rings is 9. The zero-order valence-electron chi connectivity index (χ0n) is 58.1. The molecule has 1 aliphatic carbocycles. The van der Waals surface area contributed by atoms with Crippen molar-refractivity contribution in [1.29, 1.82) is 0 Å². The maximum Gasteiger partial charge on any atom is 0.249 e. The Morgan fingerprint density at radius 3 is 1.24 bits per heavy atom. The summed E-state index contributed by atoms with van der Waals surface area (Å²) >= 11 is 23.4. The van der Waals surface area contributed by atoms with Crippen LogP contribution < -0.4 is 66.3 Å². The molecule has 10 aromatic rings. The number of fused-ring (bicyclic) bond motifs is 10. The number of ether oxygens (including phenoxy) is 17. The van der Waals surface area contributed by atoms with E-state index < -0.39 is 40.6 Å². The van der Waals surface area contributed by atoms with Crippen LogP contribution in [0.5, 0.6) is 80.5 Å². The zero-order chi connectivity index (χ0) is 77.2. The summed E-state index contributed by atoms with van der Waals surface area (Å²) in [4.78, 5) is 0. The first-order valence-electron chi connectivity index (χ1n) is 33.1. The molecule has 28 heteroatoms. The zero-order valence-corrected chi connectivity index (χ0v) is 61.2. The fourth-order valence-electron chi connectivity index (χ4n) is 10.4. The summed E-state index contributed by atoms with van der Waals surface area (Å²) in [5.74, 6) is -2.28. The minimum atomic E-state index is -1.93. The lowest BCUT2D eigenvalue weighted by molar-refractivity contribution is -0.162. The van der Waals surface area contributed by atoms with Crippen molar-refractivity contribution in [3.63, 3.8) is 0 Å². The van der Waals surface area contributed by atoms with Crippen molar-refractivity contribution in [3.05, 3.63) is 324 Å². The fraction of sp³-hybridized carbons (Fsp3) is 0.133. The minimum absolute atomic E-state index is 0. The molecule has 1 spiro atoms. The van der Waals surface area contributed by atoms with Gasteiger partial charge in [-0.1, -0.05) is 139 Å². The summed E-state index contributed by atoms with van der Waals surface area (Å²) in [6, 6.07) is 45.3. The Balaban J connectivity index is 0.000000133. The largest absolute Gasteiger partial charge is 0.493 e. The molecule has 19 nitrogen and oxygen atoms in total. The van der Waals surface area contributed by atoms with E-state index >= 15 is 0 Å². The van der Waals surface area contributed by atoms with Gasteiger partial charge in [-0.05, 0) is 105 Å². The third-order valence-corrected chi connectivity index (χ3v) is 17.3. The number of methoxy groups -OCH3 is 1. The third kappa shape index (κ3) is 21.3. The molecule has 0 atom stereocenters. The Labute approximate surface area is 653 Å². The van der Waals surface area contributed by atoms with Crippen molar-refractivity contribution in [2.24, 2.45) is 0 Å². The van der Waals surface area contributed by atoms with Crippen LogP contribution >= 0.6 is 46.4 Å². The quantitative estimate of drug-likeness (QED) is 0.0858. The van der Waals surface area contributed by atoms with Crippen LogP contribution in [0, 0.1) is 42.9 Å². The molecule has 0 saturated heterocycles. The van der Waals surface area contributed by atoms with E-state index in [-0.39, 0.29) is 50.6 Å². The van der Waals surface area contributed by atoms with Crippen molar-refractivity contribution in [2.75, 3.05) is 7.11 Å². The highest BCUT2D eigenvalue weighted by molar-refractivity contribution is 6.53. The molecule has 0 N–H and O–H groups in total. The first-order valence-corrected chi connectivity index (χ1v) is 34.6. The second-order valence-corrected chi connectivity index (χ2v) is 24.4. The average Bonchev–Trinajstić information content (AvgIpc) is 1.30. The molecule has 1 fully saturated rings. The van der Waals surface area contributed by atoms with E-state index in [0.29, 0.717) is 29.6 Å². The van der Waals surface area contributed by atoms with Crippen molar-refractivity contribution >= 4 is 68.3 Å². The Morgan fingerprint density at radius 1 is 0.342 bits per heavy atom. The monoisotopic (exact) mass is 1600 g/mol. The molecule has 9 aromatic carbocycles. The highest BCUT2D eigenvalue weighted by atomic mass is 35.5. The van der Waals surface area contributed by atoms with Gasteiger partial charge in [0.1, 0.15) is 146 Å². The van der Waals surface area contributed by atoms with Crippen LogP contribution in [0.25, 0.3) is 21.9 Å². The van der Waals surface area contributed by atoms with Crippen LogP contribution in [0.3, 0.4) is 0 Å². The molecule has 19 rings (SSSR count). The summed E-state index contributed by atoms with van der Waals surface area (Å²) < 4.78 is 161. The van der Waals surface area contributed by atoms with E-state index in [1.807, 2.05) is 141 Å². The molecule has 0 bridgehead atoms. The SMILES string of the molecule is C.C1=COC2(CCCCC2)O1.C1=COc2ccccc2CO1.COc1cccc2c1OC=CO2.Cc1ccc2c(c1)OC=CO2.Cc1ccc2c(c1)OC=CO2.Clc1c(Cl)c(Cl)c2c(c1Cl)OC=CO2.Fc1c(F)c(F)c2c(c1F)OC=CO2.Fc1cccc2c1OC=CO2.c1ccc2c(c1)occoc1ccccc12. The molecule has 8 aliphatic heterocycles. The van der Waals surface area contributed by atoms with Gasteiger partial charge in [-0.25, -0.2) is 13.2 Å². The Kier molecular flexibility index (Phi) is 29.4. The maximum atomic E-state index is 12.9. The van der Waals surface area contributed by atoms with E-state index in [4.69, 9.17) is 126 Å². The summed E-state index contributed by atoms with van der Waals surface area (Å²) in [7, 11) is 1.59. The smallest absolute Gasteiger partial charge is 0.249 e. The molecule has 0 radical (unpaired) electrons. The Bertz CT molecular complexity index is 4890. The summed E-state index contributed by atoms with van der Waals surface area (Å²) in [5.41, 5.74) is 5.10. The maximum absolute atomic E-state index is 12.9. The van der Waals surface area contributed by atoms with Crippen LogP contribution in [0.15, 0.2) is 267 Å². The fourth-order valence-corrected chi connectivity index (χ4v) is 11.3. The lowest BCUT2D eigenvalue weighted by Crippen LogP contribution is -2.32. The van der Waals surface area contributed by atoms with Crippen LogP contribution in [0.1, 0.15) is 56.2 Å². The van der Waals surface area contributed by atoms with Gasteiger partial charge in [-0.2, -0.15) is 8.78 Å². The molecule has 0 unspecified atom stereocenters. The van der Waals surface area contributed by atoms with Gasteiger partial charge in [0.25, 0.3) is 0 Å². The average molecular weight is 1610 g/mol. The minimum Gasteiger partial charge on any atom is -0.493 e. The molecule has 0 amide bonds. The van der Waals surface area contributed by atoms with Gasteiger partial charge in [0.2, 0.25) is 52.1 Å². The lowest BCUT2D eigenvalue weighted by atomic mass is 9.94. The molecule has 576 valence electrons. The van der Waals surface area contributed by atoms with Crippen LogP contribution in [-0.4, -0.2) is 12.9 Å². The summed E-state index contributed by atoms with van der Waals surface area (Å²) in [5, 5.41) is 2.75. The van der Waals surface area contributed by atoms with Gasteiger partial charge in [0.05, 0.1) is 17.2 Å². The van der Waals surface area contributed by atoms with Crippen molar-refractivity contribution in [2.45, 2.75) is 65.8 Å². The van der Waals surface area contributed by atoms with Crippen molar-refractivity contribution in [3.8, 4) is 80.5 Å². The molecule has 111 heavy (non-hydrogen) atoms. The molecule has 9 aliphatic rings. The molecular formula is C83H67Cl4F5O19. The van der Waals surface area contributed by atoms with E-state index in [0.717, 1.165) is 81.6 Å². The number of aryl methyl sites for hydroxylation is 2. The van der Waals surface area contributed by atoms with E-state index in [9.17, 15) is 22.0 Å². The second kappa shape index (κ2) is 40.2. The van der Waals surface area contributed by atoms with Crippen molar-refractivity contribution < 1.29 is 111 Å². The molecule has 1 saturated carbocycles. The molecule has 1 aromatic heterocycles. The Morgan fingerprint density at radius 2 is 0.739 bits per heavy atom. The first-order chi connectivity index (χ1) is 53.6. The number of hydrogen-bond donors (Lipinski definition) is 0. The topological polar surface area (TPSA) is 183 Å². The van der Waals surface area contributed by atoms with Gasteiger partial charge in [-0.3, -0.25) is 0 Å². The molecular weight excluding hydrogens is 1540 g/mol. The highest BCUT2D eigenvalue weighted by Gasteiger charge is 2.37. The predicted octanol–water partition coefficient (Wildman–Crippen LogP) is 24.7. The van der Waals surface area contributed by atoms with E-state index in [1.165, 1.54) is 99.1 Å². The molecule has 9 heterocycles. The van der Waals surface area contributed by atoms with Crippen LogP contribution in [0.4, 0.5) is 22.0 Å². The highest BCUT2D eigenvalue weighted by Crippen LogP contribution is 2.52. The number of rotatable bonds is 1. The van der Waals surface area contributed by atoms with Gasteiger partial charge in [0.15, 0.2) is 57.6 Å². The predicted molar refractivity (Wildman–Crippen MR) is 405 cm³/mol. The van der Waals surface area contributed by atoms with Crippen molar-refractivity contribution in [1.82, 2.24) is 0 Å². The Hall–Kier alpha value is -12.4. The standard InChI is InChI=1S/C14H10O2.C9H8O3.3C9H8O2.C8H2Cl4O2.C8H2F4O2.C8H5FO2.C8H12O2.CH4/c1-3-7-13-11(5-1)12-6-2-4-8-14(12)16-10-9-15-13;1-10-7-3-2-4-8-9(7)12-6-5-11-8;2*1-7-2-3-8-9(6-7)11-5-4-10-8;1-2-4-9-8(3-1)7-10-5-6-11-9;2*9-3-4(10)6(12)8-7(5(3)11)13-1-2-14-8;9-6-2-1-3-7-8(6)11-5-4-10-7;1-2-4-8(5-3-1)9-6-7-10-8;/h1-10H;2-6H,1H3;2*2-6H,1H3;1-6H,7H2;2*1-2H;1-5H;6-7H,1-5H2;1H4. The first kappa shape index (κ1) is 81.2. The van der Waals surface area contributed by atoms with Gasteiger partial charge in [-0.15, -0.1) is 0 Å². The second-order valence-electron chi connectivity index (χ2n) is 22.9. The number of para-hydroxylation sites is 5. The third-order valence-electron chi connectivity index (χ3n) is 15.6. The number of hydrogen-bond acceptors (Lipinski definition) is 19. The number of halogens is 9. The summed E-state index contributed by atoms with van der Waals surface area (Å²) in [6.07, 6.45) is 31.6. The van der Waals surface area contributed by atoms with Crippen LogP contribution in [0.2, 0.25) is 20.1 Å². The summed E-state index contributed by atoms with van der Waals surface area (Å²) in [6.45, 7) is 4.62. The lowest BCUT2D eigenvalue weighted by Gasteiger charge is -2.30. The van der Waals surface area contributed by atoms with Gasteiger partial charge < -0.3 is 89.4 Å². The van der Waals surface area contributed by atoms with Gasteiger partial charge >= 0.3 is 0 Å².